The number of carbonyl (C=O) groups excluding carboxylic acids is 1. The van der Waals surface area contributed by atoms with Crippen LogP contribution in [0, 0.1) is 5.82 Å². The van der Waals surface area contributed by atoms with Crippen molar-refractivity contribution in [2.45, 2.75) is 6.54 Å². The zero-order valence-electron chi connectivity index (χ0n) is 13.6. The fourth-order valence-corrected chi connectivity index (χ4v) is 2.48. The molecule has 0 N–H and O–H groups in total. The highest BCUT2D eigenvalue weighted by Gasteiger charge is 2.17. The predicted octanol–water partition coefficient (Wildman–Crippen LogP) is 4.44. The van der Waals surface area contributed by atoms with E-state index in [2.05, 4.69) is 0 Å². The summed E-state index contributed by atoms with van der Waals surface area (Å²) in [5.74, 6) is -0.255. The molecule has 3 aromatic rings. The first-order chi connectivity index (χ1) is 12.2. The van der Waals surface area contributed by atoms with Gasteiger partial charge in [0.2, 0.25) is 0 Å². The number of para-hydroxylation sites is 1. The molecule has 0 bridgehead atoms. The van der Waals surface area contributed by atoms with E-state index >= 15 is 0 Å². The lowest BCUT2D eigenvalue weighted by Crippen LogP contribution is -2.34. The van der Waals surface area contributed by atoms with Crippen LogP contribution < -0.4 is 9.64 Å². The Morgan fingerprint density at radius 2 is 1.56 bits per heavy atom. The zero-order valence-corrected chi connectivity index (χ0v) is 13.6. The molecule has 0 radical (unpaired) electrons. The monoisotopic (exact) mass is 335 g/mol. The van der Waals surface area contributed by atoms with Gasteiger partial charge in [0.25, 0.3) is 5.91 Å². The first-order valence-electron chi connectivity index (χ1n) is 8.00. The van der Waals surface area contributed by atoms with E-state index in [1.165, 1.54) is 12.1 Å². The molecule has 0 fully saturated rings. The number of amides is 1. The normalized spacial score (nSPS) is 10.3. The van der Waals surface area contributed by atoms with Crippen LogP contribution in [0.2, 0.25) is 0 Å². The number of carbonyl (C=O) groups is 1. The van der Waals surface area contributed by atoms with Crippen LogP contribution in [-0.2, 0) is 11.3 Å². The lowest BCUT2D eigenvalue weighted by molar-refractivity contribution is -0.120. The van der Waals surface area contributed by atoms with Crippen LogP contribution in [-0.4, -0.2) is 12.5 Å². The standard InChI is InChI=1S/C21H18FNO2/c22-18-10-7-13-20(14-18)25-16-21(24)23(19-11-5-2-6-12-19)15-17-8-3-1-4-9-17/h1-14H,15-16H2. The summed E-state index contributed by atoms with van der Waals surface area (Å²) >= 11 is 0. The average Bonchev–Trinajstić information content (AvgIpc) is 2.66. The summed E-state index contributed by atoms with van der Waals surface area (Å²) in [6.07, 6.45) is 0. The van der Waals surface area contributed by atoms with Gasteiger partial charge in [0.1, 0.15) is 11.6 Å². The Morgan fingerprint density at radius 1 is 0.880 bits per heavy atom. The fourth-order valence-electron chi connectivity index (χ4n) is 2.48. The van der Waals surface area contributed by atoms with Crippen LogP contribution in [0.25, 0.3) is 0 Å². The third-order valence-electron chi connectivity index (χ3n) is 3.71. The van der Waals surface area contributed by atoms with Crippen LogP contribution >= 0.6 is 0 Å². The average molecular weight is 335 g/mol. The van der Waals surface area contributed by atoms with Gasteiger partial charge in [0, 0.05) is 11.8 Å². The van der Waals surface area contributed by atoms with Gasteiger partial charge in [-0.05, 0) is 29.8 Å². The summed E-state index contributed by atoms with van der Waals surface area (Å²) in [5, 5.41) is 0. The maximum atomic E-state index is 13.2. The van der Waals surface area contributed by atoms with Crippen molar-refractivity contribution in [1.29, 1.82) is 0 Å². The first kappa shape index (κ1) is 16.7. The molecule has 25 heavy (non-hydrogen) atoms. The van der Waals surface area contributed by atoms with E-state index in [9.17, 15) is 9.18 Å². The second kappa shape index (κ2) is 8.11. The molecule has 0 aliphatic carbocycles. The Labute approximate surface area is 146 Å². The van der Waals surface area contributed by atoms with Crippen molar-refractivity contribution < 1.29 is 13.9 Å². The predicted molar refractivity (Wildman–Crippen MR) is 96.0 cm³/mol. The van der Waals surface area contributed by atoms with Crippen molar-refractivity contribution in [3.05, 3.63) is 96.3 Å². The molecule has 0 atom stereocenters. The lowest BCUT2D eigenvalue weighted by Gasteiger charge is -2.23. The summed E-state index contributed by atoms with van der Waals surface area (Å²) < 4.78 is 18.7. The van der Waals surface area contributed by atoms with E-state index in [1.807, 2.05) is 60.7 Å². The molecule has 0 aliphatic heterocycles. The van der Waals surface area contributed by atoms with E-state index < -0.39 is 5.82 Å². The lowest BCUT2D eigenvalue weighted by atomic mass is 10.2. The Bertz CT molecular complexity index is 822. The molecule has 0 aromatic heterocycles. The van der Waals surface area contributed by atoms with Crippen LogP contribution in [0.15, 0.2) is 84.9 Å². The number of ether oxygens (including phenoxy) is 1. The smallest absolute Gasteiger partial charge is 0.265 e. The highest BCUT2D eigenvalue weighted by molar-refractivity contribution is 5.94. The van der Waals surface area contributed by atoms with Gasteiger partial charge in [0.15, 0.2) is 6.61 Å². The number of hydrogen-bond donors (Lipinski definition) is 0. The van der Waals surface area contributed by atoms with Crippen molar-refractivity contribution >= 4 is 11.6 Å². The minimum Gasteiger partial charge on any atom is -0.484 e. The Morgan fingerprint density at radius 3 is 2.24 bits per heavy atom. The minimum atomic E-state index is -0.394. The molecule has 0 aliphatic rings. The zero-order chi connectivity index (χ0) is 17.5. The molecule has 0 saturated heterocycles. The van der Waals surface area contributed by atoms with Crippen molar-refractivity contribution in [2.24, 2.45) is 0 Å². The third-order valence-corrected chi connectivity index (χ3v) is 3.71. The molecule has 0 saturated carbocycles. The van der Waals surface area contributed by atoms with Crippen molar-refractivity contribution in [1.82, 2.24) is 0 Å². The van der Waals surface area contributed by atoms with Gasteiger partial charge in [-0.15, -0.1) is 0 Å². The van der Waals surface area contributed by atoms with Gasteiger partial charge in [-0.1, -0.05) is 54.6 Å². The second-order valence-electron chi connectivity index (χ2n) is 5.55. The Hall–Kier alpha value is -3.14. The highest BCUT2D eigenvalue weighted by Crippen LogP contribution is 2.18. The topological polar surface area (TPSA) is 29.5 Å². The molecule has 0 unspecified atom stereocenters. The molecule has 3 nitrogen and oxygen atoms in total. The minimum absolute atomic E-state index is 0.162. The van der Waals surface area contributed by atoms with Crippen LogP contribution in [0.3, 0.4) is 0 Å². The summed E-state index contributed by atoms with van der Waals surface area (Å²) in [6.45, 7) is 0.279. The van der Waals surface area contributed by atoms with Crippen LogP contribution in [0.5, 0.6) is 5.75 Å². The SMILES string of the molecule is O=C(COc1cccc(F)c1)N(Cc1ccccc1)c1ccccc1. The van der Waals surface area contributed by atoms with E-state index in [0.29, 0.717) is 12.3 Å². The number of nitrogens with zero attached hydrogens (tertiary/aromatic N) is 1. The van der Waals surface area contributed by atoms with Gasteiger partial charge in [-0.25, -0.2) is 4.39 Å². The second-order valence-corrected chi connectivity index (χ2v) is 5.55. The number of benzene rings is 3. The number of hydrogen-bond acceptors (Lipinski definition) is 2. The van der Waals surface area contributed by atoms with Gasteiger partial charge in [-0.2, -0.15) is 0 Å². The van der Waals surface area contributed by atoms with Crippen molar-refractivity contribution in [2.75, 3.05) is 11.5 Å². The van der Waals surface area contributed by atoms with Gasteiger partial charge in [0.05, 0.1) is 6.54 Å². The van der Waals surface area contributed by atoms with Gasteiger partial charge >= 0.3 is 0 Å². The molecule has 0 heterocycles. The molecule has 1 amide bonds. The maximum absolute atomic E-state index is 13.2. The molecule has 4 heteroatoms. The quantitative estimate of drug-likeness (QED) is 0.666. The van der Waals surface area contributed by atoms with E-state index in [4.69, 9.17) is 4.74 Å². The van der Waals surface area contributed by atoms with Crippen LogP contribution in [0.1, 0.15) is 5.56 Å². The highest BCUT2D eigenvalue weighted by atomic mass is 19.1. The molecule has 3 aromatic carbocycles. The number of anilines is 1. The third kappa shape index (κ3) is 4.67. The fraction of sp³-hybridized carbons (Fsp3) is 0.0952. The summed E-state index contributed by atoms with van der Waals surface area (Å²) in [5.41, 5.74) is 1.81. The molecule has 0 spiro atoms. The summed E-state index contributed by atoms with van der Waals surface area (Å²) in [6, 6.07) is 24.9. The molecule has 126 valence electrons. The van der Waals surface area contributed by atoms with Crippen LogP contribution in [0.4, 0.5) is 10.1 Å². The van der Waals surface area contributed by atoms with E-state index in [0.717, 1.165) is 11.3 Å². The molecular formula is C21H18FNO2. The summed E-state index contributed by atoms with van der Waals surface area (Å²) in [4.78, 5) is 14.4. The number of halogens is 1. The van der Waals surface area contributed by atoms with Crippen molar-refractivity contribution in [3.63, 3.8) is 0 Å². The van der Waals surface area contributed by atoms with E-state index in [-0.39, 0.29) is 12.5 Å². The Balaban J connectivity index is 1.75. The van der Waals surface area contributed by atoms with Gasteiger partial charge < -0.3 is 9.64 Å². The van der Waals surface area contributed by atoms with Crippen molar-refractivity contribution in [3.8, 4) is 5.75 Å². The number of rotatable bonds is 6. The largest absolute Gasteiger partial charge is 0.484 e. The Kier molecular flexibility index (Phi) is 5.42. The maximum Gasteiger partial charge on any atom is 0.265 e. The van der Waals surface area contributed by atoms with E-state index in [1.54, 1.807) is 17.0 Å². The molecule has 3 rings (SSSR count). The first-order valence-corrected chi connectivity index (χ1v) is 8.00. The molecular weight excluding hydrogens is 317 g/mol. The van der Waals surface area contributed by atoms with Gasteiger partial charge in [-0.3, -0.25) is 4.79 Å². The summed E-state index contributed by atoms with van der Waals surface area (Å²) in [7, 11) is 0.